The van der Waals surface area contributed by atoms with Crippen molar-refractivity contribution in [1.82, 2.24) is 9.78 Å². The summed E-state index contributed by atoms with van der Waals surface area (Å²) in [4.78, 5) is 0.0518. The molecule has 8 heteroatoms. The van der Waals surface area contributed by atoms with Crippen LogP contribution in [0.2, 0.25) is 5.02 Å². The van der Waals surface area contributed by atoms with Gasteiger partial charge in [-0.1, -0.05) is 11.6 Å². The smallest absolute Gasteiger partial charge is 0.263 e. The zero-order valence-electron chi connectivity index (χ0n) is 11.0. The zero-order chi connectivity index (χ0) is 14.9. The molecule has 2 aromatic rings. The summed E-state index contributed by atoms with van der Waals surface area (Å²) in [6, 6.07) is 5.80. The van der Waals surface area contributed by atoms with Crippen molar-refractivity contribution in [3.05, 3.63) is 35.5 Å². The number of nitrogens with zero attached hydrogens (tertiary/aromatic N) is 2. The molecule has 0 saturated carbocycles. The summed E-state index contributed by atoms with van der Waals surface area (Å²) in [6.45, 7) is 3.82. The van der Waals surface area contributed by atoms with E-state index in [1.54, 1.807) is 10.7 Å². The SMILES string of the molecule is CC(C)n1nccc1NS(=O)(=O)c1ccc(Cl)c(N)c1. The molecule has 6 nitrogen and oxygen atoms in total. The number of nitrogens with one attached hydrogen (secondary N) is 1. The van der Waals surface area contributed by atoms with E-state index < -0.39 is 10.0 Å². The second kappa shape index (κ2) is 5.34. The zero-order valence-corrected chi connectivity index (χ0v) is 12.6. The van der Waals surface area contributed by atoms with E-state index in [4.69, 9.17) is 17.3 Å². The van der Waals surface area contributed by atoms with Crippen LogP contribution in [0.5, 0.6) is 0 Å². The number of benzene rings is 1. The van der Waals surface area contributed by atoms with Crippen LogP contribution in [0, 0.1) is 0 Å². The van der Waals surface area contributed by atoms with Gasteiger partial charge in [-0.05, 0) is 32.0 Å². The van der Waals surface area contributed by atoms with E-state index in [-0.39, 0.29) is 16.6 Å². The lowest BCUT2D eigenvalue weighted by atomic mass is 10.3. The number of hydrogen-bond acceptors (Lipinski definition) is 4. The third-order valence-corrected chi connectivity index (χ3v) is 4.37. The Balaban J connectivity index is 2.36. The van der Waals surface area contributed by atoms with Gasteiger partial charge in [0, 0.05) is 12.1 Å². The van der Waals surface area contributed by atoms with E-state index in [1.807, 2.05) is 13.8 Å². The Labute approximate surface area is 122 Å². The summed E-state index contributed by atoms with van der Waals surface area (Å²) in [5.41, 5.74) is 5.84. The molecule has 0 saturated heterocycles. The van der Waals surface area contributed by atoms with Gasteiger partial charge in [-0.15, -0.1) is 0 Å². The topological polar surface area (TPSA) is 90.0 Å². The molecule has 0 aliphatic rings. The van der Waals surface area contributed by atoms with Crippen LogP contribution in [-0.4, -0.2) is 18.2 Å². The third kappa shape index (κ3) is 2.88. The lowest BCUT2D eigenvalue weighted by Gasteiger charge is -2.13. The van der Waals surface area contributed by atoms with Gasteiger partial charge in [0.15, 0.2) is 0 Å². The Morgan fingerprint density at radius 2 is 2.05 bits per heavy atom. The van der Waals surface area contributed by atoms with Gasteiger partial charge in [0.05, 0.1) is 21.8 Å². The molecule has 20 heavy (non-hydrogen) atoms. The summed E-state index contributed by atoms with van der Waals surface area (Å²) >= 11 is 5.79. The molecule has 0 unspecified atom stereocenters. The molecule has 0 atom stereocenters. The average molecular weight is 315 g/mol. The van der Waals surface area contributed by atoms with E-state index in [0.717, 1.165) is 0 Å². The molecule has 1 aromatic heterocycles. The highest BCUT2D eigenvalue weighted by Crippen LogP contribution is 2.24. The molecule has 1 aromatic carbocycles. The first-order valence-corrected chi connectivity index (χ1v) is 7.79. The van der Waals surface area contributed by atoms with Crippen molar-refractivity contribution in [2.75, 3.05) is 10.5 Å². The minimum absolute atomic E-state index is 0.0398. The highest BCUT2D eigenvalue weighted by atomic mass is 35.5. The summed E-state index contributed by atoms with van der Waals surface area (Å²) < 4.78 is 28.6. The standard InChI is InChI=1S/C12H15ClN4O2S/c1-8(2)17-12(5-6-15-17)16-20(18,19)9-3-4-10(13)11(14)7-9/h3-8,16H,14H2,1-2H3. The maximum atomic E-state index is 12.3. The second-order valence-electron chi connectivity index (χ2n) is 4.54. The molecule has 0 radical (unpaired) electrons. The van der Waals surface area contributed by atoms with Crippen LogP contribution in [0.15, 0.2) is 35.4 Å². The highest BCUT2D eigenvalue weighted by Gasteiger charge is 2.18. The van der Waals surface area contributed by atoms with Crippen molar-refractivity contribution >= 4 is 33.1 Å². The molecule has 0 spiro atoms. The van der Waals surface area contributed by atoms with Gasteiger partial charge in [-0.3, -0.25) is 4.72 Å². The number of aromatic nitrogens is 2. The van der Waals surface area contributed by atoms with Crippen molar-refractivity contribution in [2.45, 2.75) is 24.8 Å². The van der Waals surface area contributed by atoms with Gasteiger partial charge in [0.25, 0.3) is 10.0 Å². The third-order valence-electron chi connectivity index (χ3n) is 2.68. The van der Waals surface area contributed by atoms with Crippen LogP contribution >= 0.6 is 11.6 Å². The highest BCUT2D eigenvalue weighted by molar-refractivity contribution is 7.92. The predicted octanol–water partition coefficient (Wildman–Crippen LogP) is 2.50. The van der Waals surface area contributed by atoms with Gasteiger partial charge in [0.2, 0.25) is 0 Å². The van der Waals surface area contributed by atoms with Crippen LogP contribution in [0.3, 0.4) is 0 Å². The Hall–Kier alpha value is -1.73. The fraction of sp³-hybridized carbons (Fsp3) is 0.250. The number of sulfonamides is 1. The minimum Gasteiger partial charge on any atom is -0.397 e. The van der Waals surface area contributed by atoms with E-state index >= 15 is 0 Å². The lowest BCUT2D eigenvalue weighted by molar-refractivity contribution is 0.539. The molecular weight excluding hydrogens is 300 g/mol. The maximum absolute atomic E-state index is 12.3. The molecule has 2 rings (SSSR count). The van der Waals surface area contributed by atoms with E-state index in [0.29, 0.717) is 10.8 Å². The first-order valence-electron chi connectivity index (χ1n) is 5.92. The molecule has 0 bridgehead atoms. The van der Waals surface area contributed by atoms with Crippen LogP contribution in [0.1, 0.15) is 19.9 Å². The van der Waals surface area contributed by atoms with Crippen LogP contribution in [0.25, 0.3) is 0 Å². The molecule has 0 aliphatic carbocycles. The molecule has 108 valence electrons. The summed E-state index contributed by atoms with van der Waals surface area (Å²) in [5, 5.41) is 4.39. The van der Waals surface area contributed by atoms with Crippen molar-refractivity contribution in [2.24, 2.45) is 0 Å². The molecule has 3 N–H and O–H groups in total. The van der Waals surface area contributed by atoms with Crippen molar-refractivity contribution < 1.29 is 8.42 Å². The van der Waals surface area contributed by atoms with Crippen molar-refractivity contribution in [3.8, 4) is 0 Å². The number of hydrogen-bond donors (Lipinski definition) is 2. The van der Waals surface area contributed by atoms with Gasteiger partial charge in [-0.25, -0.2) is 13.1 Å². The number of nitrogens with two attached hydrogens (primary N) is 1. The van der Waals surface area contributed by atoms with E-state index in [9.17, 15) is 8.42 Å². The second-order valence-corrected chi connectivity index (χ2v) is 6.63. The first kappa shape index (κ1) is 14.7. The number of anilines is 2. The summed E-state index contributed by atoms with van der Waals surface area (Å²) in [7, 11) is -3.73. The quantitative estimate of drug-likeness (QED) is 0.848. The largest absolute Gasteiger partial charge is 0.397 e. The molecule has 0 fully saturated rings. The van der Waals surface area contributed by atoms with Gasteiger partial charge < -0.3 is 5.73 Å². The van der Waals surface area contributed by atoms with Gasteiger partial charge in [-0.2, -0.15) is 5.10 Å². The molecular formula is C12H15ClN4O2S. The van der Waals surface area contributed by atoms with Gasteiger partial charge in [0.1, 0.15) is 5.82 Å². The fourth-order valence-corrected chi connectivity index (χ4v) is 2.89. The normalized spacial score (nSPS) is 11.8. The predicted molar refractivity (Wildman–Crippen MR) is 79.3 cm³/mol. The van der Waals surface area contributed by atoms with E-state index in [2.05, 4.69) is 9.82 Å². The Bertz CT molecular complexity index is 725. The summed E-state index contributed by atoms with van der Waals surface area (Å²) in [6.07, 6.45) is 1.54. The molecule has 0 amide bonds. The Morgan fingerprint density at radius 3 is 2.65 bits per heavy atom. The fourth-order valence-electron chi connectivity index (χ4n) is 1.69. The summed E-state index contributed by atoms with van der Waals surface area (Å²) in [5.74, 6) is 0.397. The first-order chi connectivity index (χ1) is 9.31. The lowest BCUT2D eigenvalue weighted by Crippen LogP contribution is -2.17. The minimum atomic E-state index is -3.73. The molecule has 1 heterocycles. The van der Waals surface area contributed by atoms with Crippen molar-refractivity contribution in [3.63, 3.8) is 0 Å². The van der Waals surface area contributed by atoms with E-state index in [1.165, 1.54) is 24.4 Å². The van der Waals surface area contributed by atoms with Crippen molar-refractivity contribution in [1.29, 1.82) is 0 Å². The Kier molecular flexibility index (Phi) is 3.92. The Morgan fingerprint density at radius 1 is 1.35 bits per heavy atom. The average Bonchev–Trinajstić information content (AvgIpc) is 2.80. The monoisotopic (exact) mass is 314 g/mol. The number of halogens is 1. The molecule has 0 aliphatic heterocycles. The van der Waals surface area contributed by atoms with Crippen LogP contribution in [0.4, 0.5) is 11.5 Å². The van der Waals surface area contributed by atoms with Gasteiger partial charge >= 0.3 is 0 Å². The van der Waals surface area contributed by atoms with Crippen LogP contribution < -0.4 is 10.5 Å². The number of rotatable bonds is 4. The number of nitrogen functional groups attached to an aromatic ring is 1. The maximum Gasteiger partial charge on any atom is 0.263 e. The van der Waals surface area contributed by atoms with Crippen LogP contribution in [-0.2, 0) is 10.0 Å².